The van der Waals surface area contributed by atoms with Gasteiger partial charge < -0.3 is 20.3 Å². The molecule has 3 unspecified atom stereocenters. The molecule has 1 saturated carbocycles. The zero-order chi connectivity index (χ0) is 23.0. The summed E-state index contributed by atoms with van der Waals surface area (Å²) < 4.78 is 5.86. The van der Waals surface area contributed by atoms with E-state index in [1.54, 1.807) is 43.5 Å². The molecule has 3 heterocycles. The first kappa shape index (κ1) is 22.0. The summed E-state index contributed by atoms with van der Waals surface area (Å²) in [6.45, 7) is 1.75. The van der Waals surface area contributed by atoms with Crippen LogP contribution in [-0.4, -0.2) is 40.6 Å². The minimum absolute atomic E-state index is 0.0912. The lowest BCUT2D eigenvalue weighted by Gasteiger charge is -2.46. The van der Waals surface area contributed by atoms with E-state index >= 15 is 0 Å². The van der Waals surface area contributed by atoms with E-state index in [1.165, 1.54) is 0 Å². The van der Waals surface area contributed by atoms with E-state index in [0.717, 1.165) is 44.9 Å². The lowest BCUT2D eigenvalue weighted by molar-refractivity contribution is -0.129. The molecule has 1 aliphatic carbocycles. The van der Waals surface area contributed by atoms with Crippen LogP contribution in [0.25, 0.3) is 0 Å². The van der Waals surface area contributed by atoms with E-state index in [0.29, 0.717) is 22.2 Å². The average molecular weight is 469 g/mol. The van der Waals surface area contributed by atoms with Crippen molar-refractivity contribution >= 4 is 29.2 Å². The van der Waals surface area contributed by atoms with Gasteiger partial charge in [0.25, 0.3) is 11.8 Å². The summed E-state index contributed by atoms with van der Waals surface area (Å²) in [5.74, 6) is 0.974. The lowest BCUT2D eigenvalue weighted by Crippen LogP contribution is -2.63. The minimum atomic E-state index is -0.676. The average Bonchev–Trinajstić information content (AvgIpc) is 3.60. The van der Waals surface area contributed by atoms with Gasteiger partial charge >= 0.3 is 0 Å². The van der Waals surface area contributed by atoms with Crippen molar-refractivity contribution in [2.45, 2.75) is 75.7 Å². The maximum absolute atomic E-state index is 13.2. The van der Waals surface area contributed by atoms with Gasteiger partial charge in [-0.15, -0.1) is 0 Å². The van der Waals surface area contributed by atoms with Crippen LogP contribution in [0.3, 0.4) is 0 Å². The zero-order valence-electron chi connectivity index (χ0n) is 18.7. The summed E-state index contributed by atoms with van der Waals surface area (Å²) in [6.07, 6.45) is 7.72. The number of carbonyl (C=O) groups excluding carboxylic acids is 2. The molecule has 1 aromatic heterocycles. The highest BCUT2D eigenvalue weighted by molar-refractivity contribution is 6.30. The van der Waals surface area contributed by atoms with E-state index in [9.17, 15) is 9.59 Å². The van der Waals surface area contributed by atoms with Gasteiger partial charge in [-0.3, -0.25) is 9.59 Å². The van der Waals surface area contributed by atoms with E-state index in [2.05, 4.69) is 20.5 Å². The predicted octanol–water partition coefficient (Wildman–Crippen LogP) is 4.06. The van der Waals surface area contributed by atoms with Gasteiger partial charge in [0, 0.05) is 23.3 Å². The van der Waals surface area contributed by atoms with Crippen molar-refractivity contribution < 1.29 is 14.3 Å². The first-order chi connectivity index (χ1) is 15.9. The Morgan fingerprint density at radius 3 is 2.70 bits per heavy atom. The SMILES string of the molecule is CC(Oc1ccc(Cl)cc1)C(=O)NC12CCCC(CC1)N2c1ncccc1C(=O)NC1CC1. The van der Waals surface area contributed by atoms with Gasteiger partial charge in [-0.1, -0.05) is 11.6 Å². The van der Waals surface area contributed by atoms with Crippen molar-refractivity contribution in [3.05, 3.63) is 53.2 Å². The van der Waals surface area contributed by atoms with Crippen LogP contribution >= 0.6 is 11.6 Å². The maximum atomic E-state index is 13.2. The van der Waals surface area contributed by atoms with Crippen molar-refractivity contribution in [1.29, 1.82) is 0 Å². The Balaban J connectivity index is 1.38. The summed E-state index contributed by atoms with van der Waals surface area (Å²) >= 11 is 5.95. The normalized spacial score (nSPS) is 24.8. The largest absolute Gasteiger partial charge is 0.481 e. The molecular weight excluding hydrogens is 440 g/mol. The molecule has 3 atom stereocenters. The lowest BCUT2D eigenvalue weighted by atomic mass is 9.95. The van der Waals surface area contributed by atoms with E-state index < -0.39 is 11.8 Å². The molecule has 2 aromatic rings. The number of hydrogen-bond acceptors (Lipinski definition) is 5. The fourth-order valence-corrected chi connectivity index (χ4v) is 5.20. The number of piperidine rings is 1. The summed E-state index contributed by atoms with van der Waals surface area (Å²) in [5.41, 5.74) is 0.00269. The highest BCUT2D eigenvalue weighted by atomic mass is 35.5. The number of amides is 2. The Hall–Kier alpha value is -2.80. The molecule has 1 aromatic carbocycles. The van der Waals surface area contributed by atoms with Crippen molar-refractivity contribution in [2.75, 3.05) is 4.90 Å². The second-order valence-electron chi connectivity index (χ2n) is 9.31. The number of anilines is 1. The molecule has 33 heavy (non-hydrogen) atoms. The Morgan fingerprint density at radius 2 is 1.94 bits per heavy atom. The highest BCUT2D eigenvalue weighted by Gasteiger charge is 2.51. The second kappa shape index (κ2) is 8.86. The van der Waals surface area contributed by atoms with Crippen molar-refractivity contribution in [3.8, 4) is 5.75 Å². The topological polar surface area (TPSA) is 83.6 Å². The van der Waals surface area contributed by atoms with Crippen LogP contribution in [-0.2, 0) is 4.79 Å². The molecule has 7 nitrogen and oxygen atoms in total. The molecule has 174 valence electrons. The second-order valence-corrected chi connectivity index (χ2v) is 9.75. The monoisotopic (exact) mass is 468 g/mol. The molecule has 3 aliphatic rings. The van der Waals surface area contributed by atoms with E-state index in [-0.39, 0.29) is 23.9 Å². The quantitative estimate of drug-likeness (QED) is 0.640. The first-order valence-corrected chi connectivity index (χ1v) is 12.1. The fraction of sp³-hybridized carbons (Fsp3) is 0.480. The van der Waals surface area contributed by atoms with Gasteiger partial charge in [-0.05, 0) is 88.3 Å². The Bertz CT molecular complexity index is 1040. The van der Waals surface area contributed by atoms with E-state index in [4.69, 9.17) is 16.3 Å². The summed E-state index contributed by atoms with van der Waals surface area (Å²) in [7, 11) is 0. The molecule has 2 aliphatic heterocycles. The van der Waals surface area contributed by atoms with E-state index in [1.807, 2.05) is 6.07 Å². The molecule has 2 bridgehead atoms. The minimum Gasteiger partial charge on any atom is -0.481 e. The molecule has 3 fully saturated rings. The molecule has 0 spiro atoms. The van der Waals surface area contributed by atoms with Crippen LogP contribution in [0.4, 0.5) is 5.82 Å². The smallest absolute Gasteiger partial charge is 0.262 e. The Labute approximate surface area is 198 Å². The molecule has 2 amide bonds. The van der Waals surface area contributed by atoms with Gasteiger partial charge in [0.2, 0.25) is 0 Å². The summed E-state index contributed by atoms with van der Waals surface area (Å²) in [6, 6.07) is 11.1. The number of aromatic nitrogens is 1. The number of nitrogens with one attached hydrogen (secondary N) is 2. The fourth-order valence-electron chi connectivity index (χ4n) is 5.07. The van der Waals surface area contributed by atoms with Gasteiger partial charge in [0.05, 0.1) is 5.56 Å². The first-order valence-electron chi connectivity index (χ1n) is 11.7. The number of benzene rings is 1. The molecule has 8 heteroatoms. The summed E-state index contributed by atoms with van der Waals surface area (Å²) in [4.78, 5) is 33.0. The van der Waals surface area contributed by atoms with Crippen LogP contribution in [0.15, 0.2) is 42.6 Å². The third kappa shape index (κ3) is 4.51. The number of ether oxygens (including phenoxy) is 1. The predicted molar refractivity (Wildman–Crippen MR) is 126 cm³/mol. The molecule has 5 rings (SSSR count). The van der Waals surface area contributed by atoms with Gasteiger partial charge in [-0.2, -0.15) is 0 Å². The van der Waals surface area contributed by atoms with Crippen LogP contribution < -0.4 is 20.3 Å². The Kier molecular flexibility index (Phi) is 5.91. The maximum Gasteiger partial charge on any atom is 0.262 e. The number of hydrogen-bond donors (Lipinski definition) is 2. The number of pyridine rings is 1. The number of halogens is 1. The van der Waals surface area contributed by atoms with Crippen LogP contribution in [0.2, 0.25) is 5.02 Å². The zero-order valence-corrected chi connectivity index (χ0v) is 19.5. The number of carbonyl (C=O) groups is 2. The third-order valence-electron chi connectivity index (χ3n) is 6.87. The highest BCUT2D eigenvalue weighted by Crippen LogP contribution is 2.45. The van der Waals surface area contributed by atoms with Crippen molar-refractivity contribution in [2.24, 2.45) is 0 Å². The van der Waals surface area contributed by atoms with Crippen molar-refractivity contribution in [1.82, 2.24) is 15.6 Å². The molecule has 0 radical (unpaired) electrons. The Morgan fingerprint density at radius 1 is 1.15 bits per heavy atom. The number of nitrogens with zero attached hydrogens (tertiary/aromatic N) is 2. The number of rotatable bonds is 7. The van der Waals surface area contributed by atoms with Crippen LogP contribution in [0, 0.1) is 0 Å². The van der Waals surface area contributed by atoms with Gasteiger partial charge in [0.15, 0.2) is 6.10 Å². The molecular formula is C25H29ClN4O3. The molecule has 2 saturated heterocycles. The number of fused-ring (bicyclic) bond motifs is 2. The third-order valence-corrected chi connectivity index (χ3v) is 7.12. The van der Waals surface area contributed by atoms with Crippen molar-refractivity contribution in [3.63, 3.8) is 0 Å². The van der Waals surface area contributed by atoms with Crippen LogP contribution in [0.1, 0.15) is 62.2 Å². The summed E-state index contributed by atoms with van der Waals surface area (Å²) in [5, 5.41) is 6.98. The molecule has 2 N–H and O–H groups in total. The van der Waals surface area contributed by atoms with Gasteiger partial charge in [-0.25, -0.2) is 4.98 Å². The van der Waals surface area contributed by atoms with Gasteiger partial charge in [0.1, 0.15) is 17.2 Å². The standard InChI is InChI=1S/C25H29ClN4O3/c1-16(33-20-10-6-17(26)7-11-20)23(31)29-25-13-2-4-19(12-14-25)30(25)22-21(5-3-15-27-22)24(32)28-18-8-9-18/h3,5-7,10-11,15-16,18-19H,2,4,8-9,12-14H2,1H3,(H,28,32)(H,29,31). The van der Waals surface area contributed by atoms with Crippen LogP contribution in [0.5, 0.6) is 5.75 Å².